The van der Waals surface area contributed by atoms with Crippen molar-refractivity contribution in [1.29, 1.82) is 0 Å². The first-order valence-corrected chi connectivity index (χ1v) is 7.68. The van der Waals surface area contributed by atoms with E-state index in [1.54, 1.807) is 12.2 Å². The maximum Gasteiger partial charge on any atom is 0.310 e. The number of quaternary nitrogens is 1. The molecule has 2 unspecified atom stereocenters. The Bertz CT molecular complexity index is 373. The van der Waals surface area contributed by atoms with Crippen LogP contribution in [0.3, 0.4) is 0 Å². The van der Waals surface area contributed by atoms with Crippen LogP contribution in [-0.4, -0.2) is 66.5 Å². The number of rotatable bonds is 11. The molecule has 2 atom stereocenters. The number of carboxylic acids is 1. The summed E-state index contributed by atoms with van der Waals surface area (Å²) in [6, 6.07) is 0. The van der Waals surface area contributed by atoms with Gasteiger partial charge >= 0.3 is 11.9 Å². The molecule has 2 N–H and O–H groups in total. The van der Waals surface area contributed by atoms with E-state index in [1.165, 1.54) is 0 Å². The van der Waals surface area contributed by atoms with Crippen LogP contribution in [0.1, 0.15) is 39.0 Å². The Labute approximate surface area is 133 Å². The maximum atomic E-state index is 11.8. The van der Waals surface area contributed by atoms with Gasteiger partial charge in [0.1, 0.15) is 6.54 Å². The highest BCUT2D eigenvalue weighted by molar-refractivity contribution is 5.72. The molecule has 6 nitrogen and oxygen atoms in total. The summed E-state index contributed by atoms with van der Waals surface area (Å²) >= 11 is 0. The van der Waals surface area contributed by atoms with Crippen LogP contribution in [0.4, 0.5) is 0 Å². The summed E-state index contributed by atoms with van der Waals surface area (Å²) in [5, 5.41) is 18.4. The highest BCUT2D eigenvalue weighted by atomic mass is 16.5. The molecule has 0 saturated carbocycles. The van der Waals surface area contributed by atoms with Crippen LogP contribution in [0.25, 0.3) is 0 Å². The minimum atomic E-state index is -0.982. The molecule has 0 aromatic carbocycles. The van der Waals surface area contributed by atoms with Crippen molar-refractivity contribution in [3.8, 4) is 0 Å². The third-order valence-corrected chi connectivity index (χ3v) is 2.93. The van der Waals surface area contributed by atoms with Crippen molar-refractivity contribution in [2.24, 2.45) is 0 Å². The third-order valence-electron chi connectivity index (χ3n) is 2.93. The fraction of sp³-hybridized carbons (Fsp3) is 0.750. The molecule has 22 heavy (non-hydrogen) atoms. The fourth-order valence-electron chi connectivity index (χ4n) is 2.07. The number of aliphatic carboxylic acids is 1. The molecule has 0 aromatic rings. The smallest absolute Gasteiger partial charge is 0.310 e. The average Bonchev–Trinajstić information content (AvgIpc) is 2.32. The molecule has 0 amide bonds. The number of aliphatic hydroxyl groups excluding tert-OH is 1. The third kappa shape index (κ3) is 12.3. The summed E-state index contributed by atoms with van der Waals surface area (Å²) in [6.07, 6.45) is 4.46. The van der Waals surface area contributed by atoms with Crippen molar-refractivity contribution in [3.63, 3.8) is 0 Å². The predicted octanol–water partition coefficient (Wildman–Crippen LogP) is 1.58. The summed E-state index contributed by atoms with van der Waals surface area (Å²) in [7, 11) is 5.74. The van der Waals surface area contributed by atoms with E-state index in [1.807, 2.05) is 28.1 Å². The number of ether oxygens (including phenoxy) is 1. The van der Waals surface area contributed by atoms with Gasteiger partial charge in [-0.3, -0.25) is 9.59 Å². The minimum absolute atomic E-state index is 0.0894. The number of hydrogen-bond acceptors (Lipinski definition) is 4. The number of carbonyl (C=O) groups is 2. The first-order chi connectivity index (χ1) is 10.1. The Hall–Kier alpha value is -1.40. The Morgan fingerprint density at radius 3 is 2.36 bits per heavy atom. The summed E-state index contributed by atoms with van der Waals surface area (Å²) in [6.45, 7) is 2.44. The number of aliphatic hydroxyl groups is 1. The van der Waals surface area contributed by atoms with Crippen molar-refractivity contribution < 1.29 is 29.0 Å². The molecule has 0 bridgehead atoms. The zero-order chi connectivity index (χ0) is 17.2. The summed E-state index contributed by atoms with van der Waals surface area (Å²) in [5.74, 6) is -1.43. The molecule has 0 heterocycles. The maximum absolute atomic E-state index is 11.8. The fourth-order valence-corrected chi connectivity index (χ4v) is 2.07. The van der Waals surface area contributed by atoms with Crippen molar-refractivity contribution >= 4 is 11.9 Å². The van der Waals surface area contributed by atoms with Gasteiger partial charge in [0.25, 0.3) is 0 Å². The van der Waals surface area contributed by atoms with E-state index in [0.29, 0.717) is 17.4 Å². The van der Waals surface area contributed by atoms with Crippen molar-refractivity contribution in [2.45, 2.75) is 51.2 Å². The predicted molar refractivity (Wildman–Crippen MR) is 84.3 cm³/mol. The number of carboxylic acid groups (broad SMARTS) is 1. The largest absolute Gasteiger partial charge is 0.481 e. The zero-order valence-corrected chi connectivity index (χ0v) is 14.1. The van der Waals surface area contributed by atoms with E-state index in [-0.39, 0.29) is 18.9 Å². The van der Waals surface area contributed by atoms with Crippen LogP contribution >= 0.6 is 0 Å². The molecule has 0 aliphatic rings. The van der Waals surface area contributed by atoms with Crippen LogP contribution in [0, 0.1) is 0 Å². The van der Waals surface area contributed by atoms with Crippen LogP contribution < -0.4 is 0 Å². The first kappa shape index (κ1) is 20.6. The van der Waals surface area contributed by atoms with Gasteiger partial charge in [-0.2, -0.15) is 0 Å². The molecular formula is C16H30NO5+. The van der Waals surface area contributed by atoms with Gasteiger partial charge in [0.15, 0.2) is 6.10 Å². The quantitative estimate of drug-likeness (QED) is 0.343. The van der Waals surface area contributed by atoms with Gasteiger partial charge in [0, 0.05) is 0 Å². The second-order valence-corrected chi connectivity index (χ2v) is 6.54. The van der Waals surface area contributed by atoms with Crippen LogP contribution in [0.15, 0.2) is 12.2 Å². The van der Waals surface area contributed by atoms with E-state index < -0.39 is 18.0 Å². The average molecular weight is 316 g/mol. The number of esters is 1. The van der Waals surface area contributed by atoms with Crippen molar-refractivity contribution in [2.75, 3.05) is 27.7 Å². The lowest BCUT2D eigenvalue weighted by Crippen LogP contribution is -2.43. The van der Waals surface area contributed by atoms with Crippen LogP contribution in [-0.2, 0) is 14.3 Å². The van der Waals surface area contributed by atoms with Gasteiger partial charge in [0.2, 0.25) is 0 Å². The highest BCUT2D eigenvalue weighted by Gasteiger charge is 2.24. The number of nitrogens with zero attached hydrogens (tertiary/aromatic N) is 1. The first-order valence-electron chi connectivity index (χ1n) is 7.68. The molecule has 0 fully saturated rings. The lowest BCUT2D eigenvalue weighted by atomic mass is 10.1. The molecule has 0 aliphatic heterocycles. The standard InChI is InChI=1S/C16H29NO5/c1-5-8-13(18)9-6-7-10-16(21)22-14(11-15(19)20)12-17(2,3)4/h6-7,13-14,18H,5,8-12H2,1-4H3/p+1/b7-6+. The van der Waals surface area contributed by atoms with Crippen LogP contribution in [0.5, 0.6) is 0 Å². The second kappa shape index (κ2) is 10.3. The Balaban J connectivity index is 4.27. The number of likely N-dealkylation sites (N-methyl/N-ethyl adjacent to an activating group) is 1. The summed E-state index contributed by atoms with van der Waals surface area (Å²) in [4.78, 5) is 22.6. The zero-order valence-electron chi connectivity index (χ0n) is 14.1. The Kier molecular flexibility index (Phi) is 9.69. The van der Waals surface area contributed by atoms with E-state index >= 15 is 0 Å². The van der Waals surface area contributed by atoms with Gasteiger partial charge < -0.3 is 19.4 Å². The van der Waals surface area contributed by atoms with E-state index in [0.717, 1.165) is 12.8 Å². The molecule has 0 aromatic heterocycles. The van der Waals surface area contributed by atoms with Crippen LogP contribution in [0.2, 0.25) is 0 Å². The molecule has 0 saturated heterocycles. The van der Waals surface area contributed by atoms with Gasteiger partial charge in [-0.15, -0.1) is 0 Å². The monoisotopic (exact) mass is 316 g/mol. The van der Waals surface area contributed by atoms with Crippen molar-refractivity contribution in [3.05, 3.63) is 12.2 Å². The SMILES string of the molecule is CCCC(O)C/C=C/CC(=O)OC(CC(=O)O)C[N+](C)(C)C. The molecular weight excluding hydrogens is 286 g/mol. The van der Waals surface area contributed by atoms with E-state index in [4.69, 9.17) is 9.84 Å². The molecule has 6 heteroatoms. The highest BCUT2D eigenvalue weighted by Crippen LogP contribution is 2.07. The molecule has 128 valence electrons. The summed E-state index contributed by atoms with van der Waals surface area (Å²) < 4.78 is 5.76. The Morgan fingerprint density at radius 2 is 1.86 bits per heavy atom. The normalized spacial score (nSPS) is 14.8. The number of carbonyl (C=O) groups excluding carboxylic acids is 1. The number of hydrogen-bond donors (Lipinski definition) is 2. The molecule has 0 aliphatic carbocycles. The van der Waals surface area contributed by atoms with Gasteiger partial charge in [-0.1, -0.05) is 25.5 Å². The minimum Gasteiger partial charge on any atom is -0.481 e. The molecule has 0 rings (SSSR count). The van der Waals surface area contributed by atoms with E-state index in [9.17, 15) is 14.7 Å². The van der Waals surface area contributed by atoms with Gasteiger partial charge in [-0.25, -0.2) is 0 Å². The van der Waals surface area contributed by atoms with E-state index in [2.05, 4.69) is 0 Å². The van der Waals surface area contributed by atoms with Crippen molar-refractivity contribution in [1.82, 2.24) is 0 Å². The lowest BCUT2D eigenvalue weighted by molar-refractivity contribution is -0.873. The second-order valence-electron chi connectivity index (χ2n) is 6.54. The lowest BCUT2D eigenvalue weighted by Gasteiger charge is -2.28. The Morgan fingerprint density at radius 1 is 1.23 bits per heavy atom. The van der Waals surface area contributed by atoms with Gasteiger partial charge in [-0.05, 0) is 12.8 Å². The summed E-state index contributed by atoms with van der Waals surface area (Å²) in [5.41, 5.74) is 0. The molecule has 0 spiro atoms. The van der Waals surface area contributed by atoms with Gasteiger partial charge in [0.05, 0.1) is 40.1 Å². The molecule has 0 radical (unpaired) electrons. The topological polar surface area (TPSA) is 83.8 Å².